The second kappa shape index (κ2) is 4.84. The van der Waals surface area contributed by atoms with E-state index < -0.39 is 0 Å². The molecule has 2 saturated heterocycles. The van der Waals surface area contributed by atoms with Crippen molar-refractivity contribution < 1.29 is 0 Å². The summed E-state index contributed by atoms with van der Waals surface area (Å²) in [6, 6.07) is 2.16. The zero-order valence-electron chi connectivity index (χ0n) is 11.3. The van der Waals surface area contributed by atoms with Crippen LogP contribution in [0.15, 0.2) is 12.4 Å². The van der Waals surface area contributed by atoms with E-state index in [1.165, 1.54) is 19.5 Å². The van der Waals surface area contributed by atoms with Gasteiger partial charge in [-0.05, 0) is 37.3 Å². The van der Waals surface area contributed by atoms with E-state index in [1.807, 2.05) is 0 Å². The Labute approximate surface area is 109 Å². The molecule has 2 unspecified atom stereocenters. The molecule has 0 bridgehead atoms. The Morgan fingerprint density at radius 3 is 2.94 bits per heavy atom. The maximum atomic E-state index is 4.45. The SMILES string of the molecule is CC(C)c1cc(N2CCC3CNCC3C2)ncn1. The van der Waals surface area contributed by atoms with Crippen LogP contribution in [0, 0.1) is 11.8 Å². The third-order valence-corrected chi connectivity index (χ3v) is 4.29. The van der Waals surface area contributed by atoms with Gasteiger partial charge in [0.25, 0.3) is 0 Å². The highest BCUT2D eigenvalue weighted by Crippen LogP contribution is 2.29. The van der Waals surface area contributed by atoms with Crippen LogP contribution in [0.5, 0.6) is 0 Å². The summed E-state index contributed by atoms with van der Waals surface area (Å²) >= 11 is 0. The second-order valence-corrected chi connectivity index (χ2v) is 5.87. The summed E-state index contributed by atoms with van der Waals surface area (Å²) in [7, 11) is 0. The normalized spacial score (nSPS) is 27.6. The Bertz CT molecular complexity index is 418. The third kappa shape index (κ3) is 2.21. The van der Waals surface area contributed by atoms with Crippen molar-refractivity contribution in [2.75, 3.05) is 31.1 Å². The second-order valence-electron chi connectivity index (χ2n) is 5.87. The van der Waals surface area contributed by atoms with Gasteiger partial charge < -0.3 is 10.2 Å². The fourth-order valence-electron chi connectivity index (χ4n) is 3.09. The van der Waals surface area contributed by atoms with Gasteiger partial charge in [-0.2, -0.15) is 0 Å². The molecule has 4 heteroatoms. The van der Waals surface area contributed by atoms with Crippen LogP contribution >= 0.6 is 0 Å². The van der Waals surface area contributed by atoms with E-state index in [0.29, 0.717) is 5.92 Å². The smallest absolute Gasteiger partial charge is 0.132 e. The number of nitrogens with one attached hydrogen (secondary N) is 1. The van der Waals surface area contributed by atoms with Gasteiger partial charge in [0, 0.05) is 24.8 Å². The lowest BCUT2D eigenvalue weighted by Crippen LogP contribution is -2.40. The number of piperidine rings is 1. The molecule has 0 radical (unpaired) electrons. The Morgan fingerprint density at radius 2 is 2.11 bits per heavy atom. The summed E-state index contributed by atoms with van der Waals surface area (Å²) in [6.07, 6.45) is 3.00. The van der Waals surface area contributed by atoms with Gasteiger partial charge in [0.05, 0.1) is 0 Å². The predicted octanol–water partition coefficient (Wildman–Crippen LogP) is 1.65. The van der Waals surface area contributed by atoms with E-state index >= 15 is 0 Å². The van der Waals surface area contributed by atoms with Gasteiger partial charge >= 0.3 is 0 Å². The molecule has 98 valence electrons. The van der Waals surface area contributed by atoms with Crippen LogP contribution in [0.25, 0.3) is 0 Å². The average Bonchev–Trinajstić information content (AvgIpc) is 2.86. The first kappa shape index (κ1) is 11.9. The van der Waals surface area contributed by atoms with Gasteiger partial charge in [-0.1, -0.05) is 13.8 Å². The van der Waals surface area contributed by atoms with Crippen LogP contribution < -0.4 is 10.2 Å². The lowest BCUT2D eigenvalue weighted by atomic mass is 9.89. The molecular weight excluding hydrogens is 224 g/mol. The van der Waals surface area contributed by atoms with Crippen molar-refractivity contribution in [3.63, 3.8) is 0 Å². The molecule has 0 aromatic carbocycles. The van der Waals surface area contributed by atoms with Gasteiger partial charge in [0.2, 0.25) is 0 Å². The Morgan fingerprint density at radius 1 is 1.28 bits per heavy atom. The van der Waals surface area contributed by atoms with E-state index in [-0.39, 0.29) is 0 Å². The summed E-state index contributed by atoms with van der Waals surface area (Å²) in [5.74, 6) is 3.26. The van der Waals surface area contributed by atoms with E-state index in [9.17, 15) is 0 Å². The number of fused-ring (bicyclic) bond motifs is 1. The molecule has 0 spiro atoms. The summed E-state index contributed by atoms with van der Waals surface area (Å²) in [6.45, 7) is 9.02. The summed E-state index contributed by atoms with van der Waals surface area (Å²) in [4.78, 5) is 11.2. The first-order valence-corrected chi connectivity index (χ1v) is 7.01. The molecule has 0 saturated carbocycles. The molecule has 1 N–H and O–H groups in total. The van der Waals surface area contributed by atoms with Crippen LogP contribution in [0.2, 0.25) is 0 Å². The van der Waals surface area contributed by atoms with Crippen LogP contribution in [0.4, 0.5) is 5.82 Å². The number of hydrogen-bond donors (Lipinski definition) is 1. The lowest BCUT2D eigenvalue weighted by Gasteiger charge is -2.35. The van der Waals surface area contributed by atoms with Crippen molar-refractivity contribution in [2.24, 2.45) is 11.8 Å². The monoisotopic (exact) mass is 246 g/mol. The van der Waals surface area contributed by atoms with Crippen LogP contribution in [0.1, 0.15) is 31.9 Å². The summed E-state index contributed by atoms with van der Waals surface area (Å²) in [5.41, 5.74) is 1.15. The molecule has 1 aromatic rings. The van der Waals surface area contributed by atoms with Crippen molar-refractivity contribution >= 4 is 5.82 Å². The zero-order chi connectivity index (χ0) is 12.5. The van der Waals surface area contributed by atoms with Crippen molar-refractivity contribution in [3.05, 3.63) is 18.1 Å². The quantitative estimate of drug-likeness (QED) is 0.861. The predicted molar refractivity (Wildman–Crippen MR) is 72.8 cm³/mol. The summed E-state index contributed by atoms with van der Waals surface area (Å²) < 4.78 is 0. The Hall–Kier alpha value is -1.16. The van der Waals surface area contributed by atoms with Crippen molar-refractivity contribution in [1.29, 1.82) is 0 Å². The maximum Gasteiger partial charge on any atom is 0.132 e. The van der Waals surface area contributed by atoms with Gasteiger partial charge in [-0.25, -0.2) is 9.97 Å². The number of anilines is 1. The highest BCUT2D eigenvalue weighted by molar-refractivity contribution is 5.40. The minimum Gasteiger partial charge on any atom is -0.356 e. The number of aromatic nitrogens is 2. The van der Waals surface area contributed by atoms with Gasteiger partial charge in [0.1, 0.15) is 12.1 Å². The van der Waals surface area contributed by atoms with E-state index in [4.69, 9.17) is 0 Å². The minimum atomic E-state index is 0.470. The fourth-order valence-corrected chi connectivity index (χ4v) is 3.09. The first-order valence-electron chi connectivity index (χ1n) is 7.01. The van der Waals surface area contributed by atoms with Crippen LogP contribution in [-0.2, 0) is 0 Å². The first-order chi connectivity index (χ1) is 8.74. The molecule has 2 aliphatic rings. The number of nitrogens with zero attached hydrogens (tertiary/aromatic N) is 3. The molecule has 18 heavy (non-hydrogen) atoms. The van der Waals surface area contributed by atoms with Crippen molar-refractivity contribution in [2.45, 2.75) is 26.2 Å². The molecule has 3 rings (SSSR count). The highest BCUT2D eigenvalue weighted by atomic mass is 15.2. The summed E-state index contributed by atoms with van der Waals surface area (Å²) in [5, 5.41) is 3.51. The average molecular weight is 246 g/mol. The maximum absolute atomic E-state index is 4.45. The molecular formula is C14H22N4. The molecule has 2 aliphatic heterocycles. The van der Waals surface area contributed by atoms with Crippen molar-refractivity contribution in [3.8, 4) is 0 Å². The molecule has 2 atom stereocenters. The van der Waals surface area contributed by atoms with E-state index in [0.717, 1.165) is 36.4 Å². The van der Waals surface area contributed by atoms with Crippen molar-refractivity contribution in [1.82, 2.24) is 15.3 Å². The fraction of sp³-hybridized carbons (Fsp3) is 0.714. The van der Waals surface area contributed by atoms with Gasteiger partial charge in [-0.15, -0.1) is 0 Å². The highest BCUT2D eigenvalue weighted by Gasteiger charge is 2.33. The molecule has 1 aromatic heterocycles. The molecule has 2 fully saturated rings. The Balaban J connectivity index is 1.76. The van der Waals surface area contributed by atoms with Crippen LogP contribution in [0.3, 0.4) is 0 Å². The van der Waals surface area contributed by atoms with Gasteiger partial charge in [0.15, 0.2) is 0 Å². The number of hydrogen-bond acceptors (Lipinski definition) is 4. The zero-order valence-corrected chi connectivity index (χ0v) is 11.3. The minimum absolute atomic E-state index is 0.470. The Kier molecular flexibility index (Phi) is 3.20. The molecule has 4 nitrogen and oxygen atoms in total. The van der Waals surface area contributed by atoms with Crippen LogP contribution in [-0.4, -0.2) is 36.1 Å². The molecule has 0 aliphatic carbocycles. The largest absolute Gasteiger partial charge is 0.356 e. The van der Waals surface area contributed by atoms with E-state index in [2.05, 4.69) is 40.1 Å². The molecule has 0 amide bonds. The molecule has 3 heterocycles. The number of rotatable bonds is 2. The van der Waals surface area contributed by atoms with E-state index in [1.54, 1.807) is 6.33 Å². The van der Waals surface area contributed by atoms with Gasteiger partial charge in [-0.3, -0.25) is 0 Å². The lowest BCUT2D eigenvalue weighted by molar-refractivity contribution is 0.347. The topological polar surface area (TPSA) is 41.0 Å². The standard InChI is InChI=1S/C14H22N4/c1-10(2)13-5-14(17-9-16-13)18-4-3-11-6-15-7-12(11)8-18/h5,9-12,15H,3-4,6-8H2,1-2H3. The third-order valence-electron chi connectivity index (χ3n) is 4.29.